The van der Waals surface area contributed by atoms with E-state index in [2.05, 4.69) is 5.32 Å². The van der Waals surface area contributed by atoms with Crippen LogP contribution in [0.25, 0.3) is 0 Å². The van der Waals surface area contributed by atoms with Gasteiger partial charge in [0.25, 0.3) is 5.69 Å². The average Bonchev–Trinajstić information content (AvgIpc) is 2.38. The van der Waals surface area contributed by atoms with Crippen LogP contribution in [0, 0.1) is 15.9 Å². The Hall–Kier alpha value is -1.89. The number of nitro benzene ring substituents is 1. The molecule has 0 unspecified atom stereocenters. The monoisotopic (exact) mass is 269 g/mol. The van der Waals surface area contributed by atoms with Gasteiger partial charge in [0.1, 0.15) is 5.69 Å². The molecule has 2 rings (SSSR count). The number of anilines is 1. The third-order valence-corrected chi connectivity index (χ3v) is 3.16. The molecule has 19 heavy (non-hydrogen) atoms. The maximum absolute atomic E-state index is 13.6. The van der Waals surface area contributed by atoms with E-state index >= 15 is 0 Å². The number of piperazine rings is 1. The Morgan fingerprint density at radius 1 is 1.58 bits per heavy atom. The van der Waals surface area contributed by atoms with Gasteiger partial charge in [-0.1, -0.05) is 0 Å². The van der Waals surface area contributed by atoms with Crippen molar-refractivity contribution in [3.8, 4) is 5.75 Å². The van der Waals surface area contributed by atoms with Gasteiger partial charge in [0.05, 0.1) is 18.1 Å². The summed E-state index contributed by atoms with van der Waals surface area (Å²) in [7, 11) is 1.34. The van der Waals surface area contributed by atoms with Crippen molar-refractivity contribution in [2.24, 2.45) is 0 Å². The number of hydrogen-bond acceptors (Lipinski definition) is 5. The minimum Gasteiger partial charge on any atom is -0.494 e. The first kappa shape index (κ1) is 13.5. The van der Waals surface area contributed by atoms with Gasteiger partial charge in [0, 0.05) is 31.7 Å². The molecular weight excluding hydrogens is 253 g/mol. The number of ether oxygens (including phenoxy) is 1. The molecule has 0 bridgehead atoms. The molecule has 1 saturated heterocycles. The molecule has 104 valence electrons. The van der Waals surface area contributed by atoms with Crippen molar-refractivity contribution in [2.45, 2.75) is 13.0 Å². The van der Waals surface area contributed by atoms with Crippen molar-refractivity contribution in [2.75, 3.05) is 31.6 Å². The van der Waals surface area contributed by atoms with Gasteiger partial charge in [-0.15, -0.1) is 0 Å². The van der Waals surface area contributed by atoms with E-state index in [0.717, 1.165) is 12.6 Å². The normalized spacial score (nSPS) is 19.3. The second-order valence-corrected chi connectivity index (χ2v) is 4.53. The summed E-state index contributed by atoms with van der Waals surface area (Å²) in [6.07, 6.45) is 0. The van der Waals surface area contributed by atoms with Crippen LogP contribution in [0.15, 0.2) is 12.1 Å². The van der Waals surface area contributed by atoms with Crippen LogP contribution in [0.1, 0.15) is 6.92 Å². The maximum atomic E-state index is 13.6. The van der Waals surface area contributed by atoms with Crippen molar-refractivity contribution >= 4 is 11.4 Å². The van der Waals surface area contributed by atoms with E-state index in [0.29, 0.717) is 18.8 Å². The standard InChI is InChI=1S/C12H16FN3O3/c1-8-7-15(4-3-14-8)10-6-12(19-2)9(13)5-11(10)16(17)18/h5-6,8,14H,3-4,7H2,1-2H3/t8-/m1/s1. The van der Waals surface area contributed by atoms with Crippen LogP contribution < -0.4 is 15.0 Å². The zero-order chi connectivity index (χ0) is 14.0. The summed E-state index contributed by atoms with van der Waals surface area (Å²) < 4.78 is 18.5. The Labute approximate surface area is 110 Å². The fraction of sp³-hybridized carbons (Fsp3) is 0.500. The van der Waals surface area contributed by atoms with E-state index in [1.54, 1.807) is 0 Å². The van der Waals surface area contributed by atoms with Gasteiger partial charge in [-0.05, 0) is 6.92 Å². The molecule has 1 aliphatic rings. The van der Waals surface area contributed by atoms with E-state index in [-0.39, 0.29) is 17.5 Å². The third-order valence-electron chi connectivity index (χ3n) is 3.16. The number of nitrogens with one attached hydrogen (secondary N) is 1. The molecule has 1 heterocycles. The molecule has 0 amide bonds. The minimum absolute atomic E-state index is 0.0202. The van der Waals surface area contributed by atoms with Crippen LogP contribution >= 0.6 is 0 Å². The van der Waals surface area contributed by atoms with Gasteiger partial charge in [-0.2, -0.15) is 0 Å². The van der Waals surface area contributed by atoms with Crippen LogP contribution in [0.5, 0.6) is 5.75 Å². The highest BCUT2D eigenvalue weighted by atomic mass is 19.1. The predicted octanol–water partition coefficient (Wildman–Crippen LogP) is 1.54. The lowest BCUT2D eigenvalue weighted by Crippen LogP contribution is -2.49. The molecule has 0 spiro atoms. The van der Waals surface area contributed by atoms with Crippen LogP contribution in [0.2, 0.25) is 0 Å². The lowest BCUT2D eigenvalue weighted by molar-refractivity contribution is -0.384. The van der Waals surface area contributed by atoms with Gasteiger partial charge in [0.2, 0.25) is 0 Å². The highest BCUT2D eigenvalue weighted by Gasteiger charge is 2.26. The molecule has 0 aliphatic carbocycles. The van der Waals surface area contributed by atoms with E-state index in [1.807, 2.05) is 11.8 Å². The van der Waals surface area contributed by atoms with Crippen LogP contribution in [0.4, 0.5) is 15.8 Å². The molecule has 1 aromatic rings. The minimum atomic E-state index is -0.721. The second-order valence-electron chi connectivity index (χ2n) is 4.53. The first-order chi connectivity index (χ1) is 9.02. The van der Waals surface area contributed by atoms with Crippen molar-refractivity contribution in [3.05, 3.63) is 28.1 Å². The lowest BCUT2D eigenvalue weighted by Gasteiger charge is -2.33. The van der Waals surface area contributed by atoms with Gasteiger partial charge >= 0.3 is 0 Å². The van der Waals surface area contributed by atoms with Crippen molar-refractivity contribution in [1.29, 1.82) is 0 Å². The smallest absolute Gasteiger partial charge is 0.295 e. The van der Waals surface area contributed by atoms with E-state index in [9.17, 15) is 14.5 Å². The SMILES string of the molecule is COc1cc(N2CCN[C@H](C)C2)c([N+](=O)[O-])cc1F. The highest BCUT2D eigenvalue weighted by molar-refractivity contribution is 5.66. The summed E-state index contributed by atoms with van der Waals surface area (Å²) in [5.74, 6) is -0.701. The Morgan fingerprint density at radius 3 is 2.89 bits per heavy atom. The summed E-state index contributed by atoms with van der Waals surface area (Å²) in [6.45, 7) is 4.01. The summed E-state index contributed by atoms with van der Waals surface area (Å²) in [4.78, 5) is 12.4. The number of rotatable bonds is 3. The topological polar surface area (TPSA) is 67.6 Å². The number of benzene rings is 1. The first-order valence-corrected chi connectivity index (χ1v) is 6.03. The van der Waals surface area contributed by atoms with Crippen molar-refractivity contribution < 1.29 is 14.1 Å². The van der Waals surface area contributed by atoms with Crippen LogP contribution in [-0.2, 0) is 0 Å². The number of nitro groups is 1. The van der Waals surface area contributed by atoms with Crippen LogP contribution in [0.3, 0.4) is 0 Å². The Morgan fingerprint density at radius 2 is 2.32 bits per heavy atom. The molecule has 7 heteroatoms. The molecule has 1 fully saturated rings. The molecule has 1 N–H and O–H groups in total. The maximum Gasteiger partial charge on any atom is 0.295 e. The Bertz CT molecular complexity index is 495. The molecule has 0 radical (unpaired) electrons. The highest BCUT2D eigenvalue weighted by Crippen LogP contribution is 2.34. The number of methoxy groups -OCH3 is 1. The lowest BCUT2D eigenvalue weighted by atomic mass is 10.1. The summed E-state index contributed by atoms with van der Waals surface area (Å²) in [5.41, 5.74) is 0.170. The summed E-state index contributed by atoms with van der Waals surface area (Å²) >= 11 is 0. The number of halogens is 1. The molecule has 1 aliphatic heterocycles. The van der Waals surface area contributed by atoms with Gasteiger partial charge in [0.15, 0.2) is 11.6 Å². The van der Waals surface area contributed by atoms with E-state index < -0.39 is 10.7 Å². The molecular formula is C12H16FN3O3. The fourth-order valence-corrected chi connectivity index (χ4v) is 2.24. The third kappa shape index (κ3) is 2.76. The molecule has 1 aromatic carbocycles. The van der Waals surface area contributed by atoms with Crippen molar-refractivity contribution in [3.63, 3.8) is 0 Å². The molecule has 6 nitrogen and oxygen atoms in total. The van der Waals surface area contributed by atoms with E-state index in [1.165, 1.54) is 13.2 Å². The second kappa shape index (κ2) is 5.40. The Balaban J connectivity index is 2.44. The predicted molar refractivity (Wildman–Crippen MR) is 69.3 cm³/mol. The zero-order valence-corrected chi connectivity index (χ0v) is 10.9. The summed E-state index contributed by atoms with van der Waals surface area (Å²) in [6, 6.07) is 2.54. The van der Waals surface area contributed by atoms with Gasteiger partial charge < -0.3 is 15.0 Å². The van der Waals surface area contributed by atoms with Crippen LogP contribution in [-0.4, -0.2) is 37.7 Å². The van der Waals surface area contributed by atoms with Gasteiger partial charge in [-0.3, -0.25) is 10.1 Å². The molecule has 0 aromatic heterocycles. The summed E-state index contributed by atoms with van der Waals surface area (Å²) in [5, 5.41) is 14.3. The number of hydrogen-bond donors (Lipinski definition) is 1. The van der Waals surface area contributed by atoms with E-state index in [4.69, 9.17) is 4.74 Å². The largest absolute Gasteiger partial charge is 0.494 e. The number of nitrogens with zero attached hydrogens (tertiary/aromatic N) is 2. The average molecular weight is 269 g/mol. The first-order valence-electron chi connectivity index (χ1n) is 6.03. The van der Waals surface area contributed by atoms with Gasteiger partial charge in [-0.25, -0.2) is 4.39 Å². The fourth-order valence-electron chi connectivity index (χ4n) is 2.24. The van der Waals surface area contributed by atoms with Crippen molar-refractivity contribution in [1.82, 2.24) is 5.32 Å². The quantitative estimate of drug-likeness (QED) is 0.666. The zero-order valence-electron chi connectivity index (χ0n) is 10.9. The molecule has 0 saturated carbocycles. The molecule has 1 atom stereocenters. The Kier molecular flexibility index (Phi) is 3.84.